The van der Waals surface area contributed by atoms with Crippen LogP contribution in [-0.2, 0) is 0 Å². The second-order valence-corrected chi connectivity index (χ2v) is 15.4. The maximum absolute atomic E-state index is 6.04. The minimum atomic E-state index is 0.201. The van der Waals surface area contributed by atoms with Crippen molar-refractivity contribution in [2.45, 2.75) is 0 Å². The van der Waals surface area contributed by atoms with Gasteiger partial charge < -0.3 is 0 Å². The van der Waals surface area contributed by atoms with Crippen molar-refractivity contribution in [3.8, 4) is 44.9 Å². The van der Waals surface area contributed by atoms with Crippen LogP contribution in [0.2, 0.25) is 0 Å². The van der Waals surface area contributed by atoms with Gasteiger partial charge in [0.2, 0.25) is 0 Å². The Balaban J connectivity index is 1.24. The molecule has 0 saturated heterocycles. The third-order valence-corrected chi connectivity index (χ3v) is 12.8. The quantitative estimate of drug-likeness (QED) is 0.134. The van der Waals surface area contributed by atoms with Gasteiger partial charge in [-0.25, -0.2) is 0 Å². The summed E-state index contributed by atoms with van der Waals surface area (Å²) in [6.07, 6.45) is 3.53. The summed E-state index contributed by atoms with van der Waals surface area (Å²) in [5.74, 6) is 1.78. The fraction of sp³-hybridized carbons (Fsp3) is 0. The van der Waals surface area contributed by atoms with Crippen molar-refractivity contribution in [2.24, 2.45) is 0 Å². The normalized spacial score (nSPS) is 11.9. The monoisotopic (exact) mass is 716 g/mol. The molecule has 0 aliphatic heterocycles. The molecule has 11 aromatic rings. The summed E-state index contributed by atoms with van der Waals surface area (Å²) < 4.78 is 14.9. The molecule has 11 rings (SSSR count). The van der Waals surface area contributed by atoms with Gasteiger partial charge in [0.15, 0.2) is 0 Å². The zero-order chi connectivity index (χ0) is 33.5. The topological polar surface area (TPSA) is 26.3 Å². The third-order valence-electron chi connectivity index (χ3n) is 10.5. The summed E-state index contributed by atoms with van der Waals surface area (Å²) in [6.45, 7) is 0. The van der Waals surface area contributed by atoms with Crippen molar-refractivity contribution in [1.29, 1.82) is 0 Å². The molecule has 3 aromatic heterocycles. The molecule has 0 radical (unpaired) electrons. The standard InChI is InChI=1S/C48H28O2Se/c1-5-16-34-30(12-1)44(31-13-2-6-17-35(31)46(34)40-21-10-26-49-40)29-24-25-42-39(28-29)48-38(20-9-23-43(48)51-42)45-32-14-3-7-18-36(32)47(41-22-11-27-50-41)37-19-8-4-15-33(37)45/h1-28H. The van der Waals surface area contributed by atoms with Crippen LogP contribution in [0, 0.1) is 0 Å². The molecule has 0 N–H and O–H groups in total. The second-order valence-electron chi connectivity index (χ2n) is 13.1. The predicted octanol–water partition coefficient (Wildman–Crippen LogP) is 13.5. The van der Waals surface area contributed by atoms with Gasteiger partial charge in [-0.1, -0.05) is 0 Å². The van der Waals surface area contributed by atoms with E-state index in [1.807, 2.05) is 12.1 Å². The maximum atomic E-state index is 6.04. The predicted molar refractivity (Wildman–Crippen MR) is 215 cm³/mol. The van der Waals surface area contributed by atoms with Gasteiger partial charge >= 0.3 is 301 Å². The van der Waals surface area contributed by atoms with Gasteiger partial charge in [-0.15, -0.1) is 0 Å². The van der Waals surface area contributed by atoms with E-state index >= 15 is 0 Å². The number of fused-ring (bicyclic) bond motifs is 7. The Hall–Kier alpha value is -6.12. The molecule has 3 heterocycles. The molecule has 0 spiro atoms. The summed E-state index contributed by atoms with van der Waals surface area (Å²) >= 11 is 0.201. The number of benzene rings is 8. The van der Waals surface area contributed by atoms with E-state index in [0.29, 0.717) is 0 Å². The number of hydrogen-bond donors (Lipinski definition) is 0. The zero-order valence-electron chi connectivity index (χ0n) is 27.4. The van der Waals surface area contributed by atoms with Gasteiger partial charge in [-0.05, 0) is 0 Å². The Morgan fingerprint density at radius 3 is 1.27 bits per heavy atom. The molecule has 0 amide bonds. The van der Waals surface area contributed by atoms with Crippen molar-refractivity contribution in [3.05, 3.63) is 170 Å². The molecule has 0 fully saturated rings. The Morgan fingerprint density at radius 1 is 0.333 bits per heavy atom. The summed E-state index contributed by atoms with van der Waals surface area (Å²) in [6, 6.07) is 57.4. The second kappa shape index (κ2) is 11.2. The van der Waals surface area contributed by atoms with Crippen molar-refractivity contribution < 1.29 is 8.83 Å². The summed E-state index contributed by atoms with van der Waals surface area (Å²) in [5.41, 5.74) is 7.34. The van der Waals surface area contributed by atoms with Gasteiger partial charge in [-0.2, -0.15) is 0 Å². The first-order chi connectivity index (χ1) is 25.3. The van der Waals surface area contributed by atoms with E-state index in [9.17, 15) is 0 Å². The molecule has 0 unspecified atom stereocenters. The first-order valence-electron chi connectivity index (χ1n) is 17.2. The summed E-state index contributed by atoms with van der Waals surface area (Å²) in [4.78, 5) is 0. The molecule has 0 atom stereocenters. The van der Waals surface area contributed by atoms with Crippen LogP contribution in [0.5, 0.6) is 0 Å². The van der Waals surface area contributed by atoms with E-state index in [1.54, 1.807) is 12.5 Å². The van der Waals surface area contributed by atoms with Crippen LogP contribution in [0.3, 0.4) is 0 Å². The zero-order valence-corrected chi connectivity index (χ0v) is 29.1. The Morgan fingerprint density at radius 2 is 0.804 bits per heavy atom. The van der Waals surface area contributed by atoms with Crippen LogP contribution >= 0.6 is 0 Å². The molecular weight excluding hydrogens is 687 g/mol. The fourth-order valence-corrected chi connectivity index (χ4v) is 10.8. The van der Waals surface area contributed by atoms with Crippen LogP contribution < -0.4 is 0 Å². The van der Waals surface area contributed by atoms with Crippen LogP contribution in [0.15, 0.2) is 179 Å². The van der Waals surface area contributed by atoms with E-state index < -0.39 is 0 Å². The molecule has 51 heavy (non-hydrogen) atoms. The van der Waals surface area contributed by atoms with E-state index in [-0.39, 0.29) is 14.5 Å². The van der Waals surface area contributed by atoms with Crippen LogP contribution in [-0.4, -0.2) is 14.5 Å². The van der Waals surface area contributed by atoms with Gasteiger partial charge in [-0.3, -0.25) is 0 Å². The van der Waals surface area contributed by atoms with Crippen molar-refractivity contribution >= 4 is 76.9 Å². The number of rotatable bonds is 4. The Kier molecular flexibility index (Phi) is 6.30. The van der Waals surface area contributed by atoms with E-state index in [2.05, 4.69) is 146 Å². The number of hydrogen-bond acceptors (Lipinski definition) is 2. The summed E-state index contributed by atoms with van der Waals surface area (Å²) in [7, 11) is 0. The van der Waals surface area contributed by atoms with E-state index in [4.69, 9.17) is 8.83 Å². The van der Waals surface area contributed by atoms with E-state index in [0.717, 1.165) is 22.6 Å². The number of furan rings is 2. The summed E-state index contributed by atoms with van der Waals surface area (Å²) in [5, 5.41) is 12.4. The molecule has 0 aliphatic rings. The molecule has 2 nitrogen and oxygen atoms in total. The minimum absolute atomic E-state index is 0.201. The van der Waals surface area contributed by atoms with Crippen LogP contribution in [0.4, 0.5) is 0 Å². The van der Waals surface area contributed by atoms with Crippen LogP contribution in [0.25, 0.3) is 107 Å². The van der Waals surface area contributed by atoms with Gasteiger partial charge in [0.1, 0.15) is 0 Å². The van der Waals surface area contributed by atoms with Crippen molar-refractivity contribution in [1.82, 2.24) is 0 Å². The molecule has 238 valence electrons. The fourth-order valence-electron chi connectivity index (χ4n) is 8.42. The average Bonchev–Trinajstić information content (AvgIpc) is 3.98. The van der Waals surface area contributed by atoms with Crippen molar-refractivity contribution in [2.75, 3.05) is 0 Å². The van der Waals surface area contributed by atoms with Gasteiger partial charge in [0.05, 0.1) is 0 Å². The van der Waals surface area contributed by atoms with Gasteiger partial charge in [0, 0.05) is 0 Å². The Bertz CT molecular complexity index is 3010. The molecule has 3 heteroatoms. The average molecular weight is 716 g/mol. The van der Waals surface area contributed by atoms with E-state index in [1.165, 1.54) is 84.6 Å². The van der Waals surface area contributed by atoms with Crippen molar-refractivity contribution in [3.63, 3.8) is 0 Å². The Labute approximate surface area is 299 Å². The first-order valence-corrected chi connectivity index (χ1v) is 19.0. The molecule has 0 aliphatic carbocycles. The first kappa shape index (κ1) is 28.7. The molecular formula is C48H28O2Se. The molecule has 0 saturated carbocycles. The van der Waals surface area contributed by atoms with Crippen LogP contribution in [0.1, 0.15) is 0 Å². The SMILES string of the molecule is c1coc(-c2c3ccccc3c(-c3ccc4[se]c5cccc(-c6c7ccccc7c(-c7ccco7)c7ccccc67)c5c4c3)c3ccccc23)c1. The van der Waals surface area contributed by atoms with Gasteiger partial charge in [0.25, 0.3) is 0 Å². The third kappa shape index (κ3) is 4.23. The molecule has 0 bridgehead atoms. The molecule has 8 aromatic carbocycles.